The van der Waals surface area contributed by atoms with E-state index in [1.165, 1.54) is 0 Å². The minimum atomic E-state index is -0.539. The van der Waals surface area contributed by atoms with Gasteiger partial charge in [0.2, 0.25) is 5.91 Å². The first kappa shape index (κ1) is 24.0. The van der Waals surface area contributed by atoms with E-state index in [1.54, 1.807) is 18.0 Å². The van der Waals surface area contributed by atoms with Gasteiger partial charge in [-0.05, 0) is 31.5 Å². The highest BCUT2D eigenvalue weighted by Gasteiger charge is 2.43. The summed E-state index contributed by atoms with van der Waals surface area (Å²) in [5.41, 5.74) is 3.35. The van der Waals surface area contributed by atoms with Crippen molar-refractivity contribution in [3.8, 4) is 0 Å². The molecule has 0 saturated heterocycles. The number of nitrogens with one attached hydrogen (secondary N) is 1. The van der Waals surface area contributed by atoms with E-state index in [4.69, 9.17) is 9.47 Å². The summed E-state index contributed by atoms with van der Waals surface area (Å²) in [6.45, 7) is 5.35. The maximum atomic E-state index is 13.7. The number of fused-ring (bicyclic) bond motifs is 2. The fourth-order valence-corrected chi connectivity index (χ4v) is 4.96. The Hall–Kier alpha value is -3.16. The van der Waals surface area contributed by atoms with Gasteiger partial charge in [0, 0.05) is 68.5 Å². The molecule has 34 heavy (non-hydrogen) atoms. The zero-order valence-electron chi connectivity index (χ0n) is 20.3. The number of aryl methyl sites for hydroxylation is 1. The van der Waals surface area contributed by atoms with Gasteiger partial charge in [-0.1, -0.05) is 36.4 Å². The third-order valence-corrected chi connectivity index (χ3v) is 6.49. The highest BCUT2D eigenvalue weighted by Crippen LogP contribution is 2.44. The van der Waals surface area contributed by atoms with E-state index in [0.29, 0.717) is 31.7 Å². The van der Waals surface area contributed by atoms with Crippen LogP contribution in [0.25, 0.3) is 10.9 Å². The van der Waals surface area contributed by atoms with Crippen LogP contribution in [0.3, 0.4) is 0 Å². The van der Waals surface area contributed by atoms with Crippen molar-refractivity contribution in [2.75, 3.05) is 26.8 Å². The first-order valence-electron chi connectivity index (χ1n) is 11.9. The second-order valence-corrected chi connectivity index (χ2v) is 8.56. The molecule has 0 aliphatic carbocycles. The minimum absolute atomic E-state index is 0.0784. The number of hydrogen-bond donors (Lipinski definition) is 1. The number of nitrogens with zero attached hydrogens (tertiary/aromatic N) is 2. The van der Waals surface area contributed by atoms with Crippen LogP contribution in [0.2, 0.25) is 0 Å². The van der Waals surface area contributed by atoms with Gasteiger partial charge in [-0.25, -0.2) is 0 Å². The fraction of sp³-hybridized carbons (Fsp3) is 0.407. The number of hydrogen-bond acceptors (Lipinski definition) is 4. The normalized spacial score (nSPS) is 17.9. The van der Waals surface area contributed by atoms with Crippen LogP contribution in [0.4, 0.5) is 0 Å². The van der Waals surface area contributed by atoms with Crippen LogP contribution in [0.5, 0.6) is 0 Å². The summed E-state index contributed by atoms with van der Waals surface area (Å²) in [7, 11) is 3.77. The van der Waals surface area contributed by atoms with Crippen molar-refractivity contribution in [3.63, 3.8) is 0 Å². The molecule has 3 aromatic rings. The van der Waals surface area contributed by atoms with E-state index in [0.717, 1.165) is 22.0 Å². The molecule has 1 N–H and O–H groups in total. The second-order valence-electron chi connectivity index (χ2n) is 8.56. The maximum Gasteiger partial charge on any atom is 0.254 e. The smallest absolute Gasteiger partial charge is 0.254 e. The predicted octanol–water partition coefficient (Wildman–Crippen LogP) is 3.99. The molecule has 2 heterocycles. The van der Waals surface area contributed by atoms with Crippen molar-refractivity contribution in [2.45, 2.75) is 38.5 Å². The number of para-hydroxylation sites is 1. The highest BCUT2D eigenvalue weighted by atomic mass is 16.7. The molecule has 7 heteroatoms. The van der Waals surface area contributed by atoms with E-state index in [1.807, 2.05) is 74.1 Å². The van der Waals surface area contributed by atoms with Gasteiger partial charge in [0.1, 0.15) is 0 Å². The molecule has 4 rings (SSSR count). The molecule has 2 aromatic carbocycles. The van der Waals surface area contributed by atoms with Crippen molar-refractivity contribution in [1.29, 1.82) is 0 Å². The van der Waals surface area contributed by atoms with E-state index in [-0.39, 0.29) is 18.1 Å². The van der Waals surface area contributed by atoms with E-state index in [2.05, 4.69) is 5.32 Å². The SMILES string of the molecule is CCOC(CCNC(=O)C1c2ccccc2C(=O)N(C)C1c1cn(C)c2ccccc12)OCC. The van der Waals surface area contributed by atoms with Crippen molar-refractivity contribution >= 4 is 22.7 Å². The molecule has 0 radical (unpaired) electrons. The minimum Gasteiger partial charge on any atom is -0.355 e. The fourth-order valence-electron chi connectivity index (χ4n) is 4.96. The Morgan fingerprint density at radius 2 is 1.68 bits per heavy atom. The number of likely N-dealkylation sites (N-methyl/N-ethyl adjacent to an activating group) is 1. The van der Waals surface area contributed by atoms with Gasteiger partial charge < -0.3 is 24.3 Å². The molecule has 0 spiro atoms. The molecular weight excluding hydrogens is 430 g/mol. The van der Waals surface area contributed by atoms with E-state index < -0.39 is 12.0 Å². The zero-order valence-corrected chi connectivity index (χ0v) is 20.3. The van der Waals surface area contributed by atoms with Crippen LogP contribution < -0.4 is 5.32 Å². The Morgan fingerprint density at radius 3 is 2.41 bits per heavy atom. The number of aromatic nitrogens is 1. The maximum absolute atomic E-state index is 13.7. The van der Waals surface area contributed by atoms with Gasteiger partial charge in [-0.2, -0.15) is 0 Å². The molecule has 2 amide bonds. The molecule has 0 bridgehead atoms. The summed E-state index contributed by atoms with van der Waals surface area (Å²) in [6.07, 6.45) is 2.23. The monoisotopic (exact) mass is 463 g/mol. The first-order chi connectivity index (χ1) is 16.5. The average molecular weight is 464 g/mol. The molecular formula is C27H33N3O4. The zero-order chi connectivity index (χ0) is 24.2. The molecule has 180 valence electrons. The van der Waals surface area contributed by atoms with Crippen LogP contribution in [-0.4, -0.2) is 54.4 Å². The Balaban J connectivity index is 1.70. The second kappa shape index (κ2) is 10.4. The molecule has 1 aliphatic heterocycles. The van der Waals surface area contributed by atoms with Crippen molar-refractivity contribution in [1.82, 2.24) is 14.8 Å². The Labute approximate surface area is 200 Å². The van der Waals surface area contributed by atoms with Gasteiger partial charge in [0.25, 0.3) is 5.91 Å². The van der Waals surface area contributed by atoms with Crippen LogP contribution in [0, 0.1) is 0 Å². The van der Waals surface area contributed by atoms with Crippen molar-refractivity contribution < 1.29 is 19.1 Å². The molecule has 2 atom stereocenters. The summed E-state index contributed by atoms with van der Waals surface area (Å²) < 4.78 is 13.3. The van der Waals surface area contributed by atoms with Crippen LogP contribution >= 0.6 is 0 Å². The van der Waals surface area contributed by atoms with Crippen LogP contribution in [-0.2, 0) is 21.3 Å². The summed E-state index contributed by atoms with van der Waals surface area (Å²) >= 11 is 0. The van der Waals surface area contributed by atoms with Crippen LogP contribution in [0.1, 0.15) is 53.7 Å². The van der Waals surface area contributed by atoms with Gasteiger partial charge >= 0.3 is 0 Å². The number of rotatable bonds is 9. The molecule has 2 unspecified atom stereocenters. The molecule has 0 saturated carbocycles. The Kier molecular flexibility index (Phi) is 7.34. The molecule has 0 fully saturated rings. The lowest BCUT2D eigenvalue weighted by atomic mass is 9.79. The van der Waals surface area contributed by atoms with E-state index >= 15 is 0 Å². The lowest BCUT2D eigenvalue weighted by Crippen LogP contribution is -2.46. The lowest BCUT2D eigenvalue weighted by Gasteiger charge is -2.39. The third kappa shape index (κ3) is 4.45. The van der Waals surface area contributed by atoms with E-state index in [9.17, 15) is 9.59 Å². The van der Waals surface area contributed by atoms with Crippen molar-refractivity contribution in [2.24, 2.45) is 7.05 Å². The Bertz CT molecular complexity index is 1170. The summed E-state index contributed by atoms with van der Waals surface area (Å²) in [4.78, 5) is 28.7. The Morgan fingerprint density at radius 1 is 1.00 bits per heavy atom. The largest absolute Gasteiger partial charge is 0.355 e. The number of ether oxygens (including phenoxy) is 2. The van der Waals surface area contributed by atoms with Gasteiger partial charge in [0.05, 0.1) is 12.0 Å². The van der Waals surface area contributed by atoms with Gasteiger partial charge in [-0.15, -0.1) is 0 Å². The van der Waals surface area contributed by atoms with Gasteiger partial charge in [-0.3, -0.25) is 9.59 Å². The number of benzene rings is 2. The molecule has 7 nitrogen and oxygen atoms in total. The number of carbonyl (C=O) groups is 2. The predicted molar refractivity (Wildman–Crippen MR) is 132 cm³/mol. The molecule has 1 aliphatic rings. The summed E-state index contributed by atoms with van der Waals surface area (Å²) in [5, 5.41) is 4.13. The highest BCUT2D eigenvalue weighted by molar-refractivity contribution is 6.02. The summed E-state index contributed by atoms with van der Waals surface area (Å²) in [5.74, 6) is -0.732. The summed E-state index contributed by atoms with van der Waals surface area (Å²) in [6, 6.07) is 15.1. The van der Waals surface area contributed by atoms with Gasteiger partial charge in [0.15, 0.2) is 6.29 Å². The van der Waals surface area contributed by atoms with Crippen molar-refractivity contribution in [3.05, 3.63) is 71.4 Å². The van der Waals surface area contributed by atoms with Crippen LogP contribution in [0.15, 0.2) is 54.7 Å². The lowest BCUT2D eigenvalue weighted by molar-refractivity contribution is -0.140. The number of carbonyl (C=O) groups excluding carboxylic acids is 2. The quantitative estimate of drug-likeness (QED) is 0.487. The standard InChI is InChI=1S/C27H33N3O4/c1-5-33-23(34-6-2)15-16-28-26(31)24-19-12-7-8-13-20(19)27(32)30(4)25(24)21-17-29(3)22-14-10-9-11-18(21)22/h7-14,17,23-25H,5-6,15-16H2,1-4H3,(H,28,31). The topological polar surface area (TPSA) is 72.8 Å². The number of amides is 2. The first-order valence-corrected chi connectivity index (χ1v) is 11.9. The third-order valence-electron chi connectivity index (χ3n) is 6.49. The average Bonchev–Trinajstić information content (AvgIpc) is 3.17. The molecule has 1 aromatic heterocycles.